The molecule has 1 fully saturated rings. The van der Waals surface area contributed by atoms with Crippen LogP contribution in [0.15, 0.2) is 0 Å². The lowest BCUT2D eigenvalue weighted by molar-refractivity contribution is 0.190. The molecule has 15 heavy (non-hydrogen) atoms. The van der Waals surface area contributed by atoms with Crippen LogP contribution in [0.25, 0.3) is 0 Å². The zero-order valence-electron chi connectivity index (χ0n) is 11.2. The standard InChI is InChI=1S/C14H29N/c1-10(2)13-6-8-14(9-7-13)12(5)15-11(3)4/h10-15H,6-9H2,1-5H3/t12-,13-,14+/m0/s1. The Kier molecular flexibility index (Phi) is 5.11. The highest BCUT2D eigenvalue weighted by Crippen LogP contribution is 2.34. The molecule has 90 valence electrons. The molecule has 0 heterocycles. The van der Waals surface area contributed by atoms with E-state index in [1.54, 1.807) is 0 Å². The van der Waals surface area contributed by atoms with Crippen molar-refractivity contribution in [1.82, 2.24) is 5.32 Å². The van der Waals surface area contributed by atoms with Gasteiger partial charge < -0.3 is 5.32 Å². The smallest absolute Gasteiger partial charge is 0.00693 e. The summed E-state index contributed by atoms with van der Waals surface area (Å²) in [6.45, 7) is 11.6. The van der Waals surface area contributed by atoms with E-state index >= 15 is 0 Å². The van der Waals surface area contributed by atoms with Gasteiger partial charge in [-0.2, -0.15) is 0 Å². The second kappa shape index (κ2) is 5.89. The Morgan fingerprint density at radius 1 is 0.800 bits per heavy atom. The lowest BCUT2D eigenvalue weighted by Crippen LogP contribution is -2.39. The van der Waals surface area contributed by atoms with Crippen molar-refractivity contribution in [3.63, 3.8) is 0 Å². The third-order valence-corrected chi connectivity index (χ3v) is 4.06. The summed E-state index contributed by atoms with van der Waals surface area (Å²) in [6, 6.07) is 1.33. The van der Waals surface area contributed by atoms with Gasteiger partial charge in [0, 0.05) is 12.1 Å². The summed E-state index contributed by atoms with van der Waals surface area (Å²) in [5, 5.41) is 3.66. The highest BCUT2D eigenvalue weighted by atomic mass is 14.9. The second-order valence-corrected chi connectivity index (χ2v) is 6.03. The van der Waals surface area contributed by atoms with Crippen LogP contribution in [0.1, 0.15) is 60.3 Å². The molecule has 0 spiro atoms. The first-order valence-corrected chi connectivity index (χ1v) is 6.76. The molecule has 1 atom stereocenters. The average Bonchev–Trinajstić information content (AvgIpc) is 2.17. The van der Waals surface area contributed by atoms with Crippen LogP contribution in [-0.4, -0.2) is 12.1 Å². The molecule has 0 radical (unpaired) electrons. The van der Waals surface area contributed by atoms with Crippen LogP contribution in [0.2, 0.25) is 0 Å². The summed E-state index contributed by atoms with van der Waals surface area (Å²) >= 11 is 0. The Balaban J connectivity index is 2.30. The highest BCUT2D eigenvalue weighted by Gasteiger charge is 2.26. The third kappa shape index (κ3) is 4.14. The molecule has 0 aromatic carbocycles. The maximum atomic E-state index is 3.66. The van der Waals surface area contributed by atoms with Gasteiger partial charge in [0.1, 0.15) is 0 Å². The van der Waals surface area contributed by atoms with E-state index in [2.05, 4.69) is 39.9 Å². The van der Waals surface area contributed by atoms with Gasteiger partial charge in [0.15, 0.2) is 0 Å². The Morgan fingerprint density at radius 2 is 1.27 bits per heavy atom. The van der Waals surface area contributed by atoms with E-state index in [0.29, 0.717) is 12.1 Å². The molecule has 0 aliphatic heterocycles. The van der Waals surface area contributed by atoms with Gasteiger partial charge in [-0.05, 0) is 50.4 Å². The topological polar surface area (TPSA) is 12.0 Å². The van der Waals surface area contributed by atoms with Crippen molar-refractivity contribution in [1.29, 1.82) is 0 Å². The third-order valence-electron chi connectivity index (χ3n) is 4.06. The normalized spacial score (nSPS) is 29.8. The van der Waals surface area contributed by atoms with E-state index in [-0.39, 0.29) is 0 Å². The van der Waals surface area contributed by atoms with E-state index in [1.165, 1.54) is 25.7 Å². The predicted molar refractivity (Wildman–Crippen MR) is 68.0 cm³/mol. The van der Waals surface area contributed by atoms with Crippen molar-refractivity contribution in [2.45, 2.75) is 72.4 Å². The summed E-state index contributed by atoms with van der Waals surface area (Å²) < 4.78 is 0. The Hall–Kier alpha value is -0.0400. The van der Waals surface area contributed by atoms with E-state index in [9.17, 15) is 0 Å². The fraction of sp³-hybridized carbons (Fsp3) is 1.00. The van der Waals surface area contributed by atoms with Crippen molar-refractivity contribution in [2.75, 3.05) is 0 Å². The number of nitrogens with one attached hydrogen (secondary N) is 1. The van der Waals surface area contributed by atoms with Gasteiger partial charge in [-0.15, -0.1) is 0 Å². The molecule has 0 saturated heterocycles. The van der Waals surface area contributed by atoms with E-state index in [4.69, 9.17) is 0 Å². The molecular formula is C14H29N. The fourth-order valence-electron chi connectivity index (χ4n) is 2.97. The molecule has 0 amide bonds. The molecule has 0 aromatic rings. The first-order chi connectivity index (χ1) is 7.00. The summed E-state index contributed by atoms with van der Waals surface area (Å²) in [6.07, 6.45) is 5.77. The maximum Gasteiger partial charge on any atom is 0.00693 e. The molecule has 1 N–H and O–H groups in total. The van der Waals surface area contributed by atoms with Gasteiger partial charge in [-0.1, -0.05) is 27.7 Å². The summed E-state index contributed by atoms with van der Waals surface area (Å²) in [5.74, 6) is 2.80. The average molecular weight is 211 g/mol. The van der Waals surface area contributed by atoms with Crippen molar-refractivity contribution >= 4 is 0 Å². The Bertz CT molecular complexity index is 166. The minimum atomic E-state index is 0.628. The maximum absolute atomic E-state index is 3.66. The molecule has 0 unspecified atom stereocenters. The lowest BCUT2D eigenvalue weighted by Gasteiger charge is -2.35. The van der Waals surface area contributed by atoms with Gasteiger partial charge in [0.25, 0.3) is 0 Å². The molecule has 1 nitrogen and oxygen atoms in total. The van der Waals surface area contributed by atoms with Crippen LogP contribution in [0.4, 0.5) is 0 Å². The molecule has 0 aromatic heterocycles. The summed E-state index contributed by atoms with van der Waals surface area (Å²) in [7, 11) is 0. The molecule has 0 bridgehead atoms. The minimum absolute atomic E-state index is 0.628. The van der Waals surface area contributed by atoms with Crippen molar-refractivity contribution in [3.05, 3.63) is 0 Å². The highest BCUT2D eigenvalue weighted by molar-refractivity contribution is 4.81. The Morgan fingerprint density at radius 3 is 1.67 bits per heavy atom. The Labute approximate surface area is 96.0 Å². The lowest BCUT2D eigenvalue weighted by atomic mass is 9.75. The second-order valence-electron chi connectivity index (χ2n) is 6.03. The van der Waals surface area contributed by atoms with E-state index < -0.39 is 0 Å². The fourth-order valence-corrected chi connectivity index (χ4v) is 2.97. The molecule has 1 aliphatic rings. The van der Waals surface area contributed by atoms with E-state index in [0.717, 1.165) is 17.8 Å². The van der Waals surface area contributed by atoms with E-state index in [1.807, 2.05) is 0 Å². The molecule has 1 rings (SSSR count). The SMILES string of the molecule is CC(C)N[C@@H](C)[C@H]1CC[C@@H](C(C)C)CC1. The largest absolute Gasteiger partial charge is 0.312 e. The molecule has 1 aliphatic carbocycles. The van der Waals surface area contributed by atoms with Crippen LogP contribution >= 0.6 is 0 Å². The van der Waals surface area contributed by atoms with Crippen LogP contribution < -0.4 is 5.32 Å². The molecular weight excluding hydrogens is 182 g/mol. The zero-order valence-corrected chi connectivity index (χ0v) is 11.2. The van der Waals surface area contributed by atoms with Gasteiger partial charge in [0.05, 0.1) is 0 Å². The monoisotopic (exact) mass is 211 g/mol. The molecule has 1 saturated carbocycles. The van der Waals surface area contributed by atoms with Crippen molar-refractivity contribution in [3.8, 4) is 0 Å². The zero-order chi connectivity index (χ0) is 11.4. The number of rotatable bonds is 4. The van der Waals surface area contributed by atoms with Gasteiger partial charge >= 0.3 is 0 Å². The minimum Gasteiger partial charge on any atom is -0.312 e. The van der Waals surface area contributed by atoms with Crippen LogP contribution in [0, 0.1) is 17.8 Å². The van der Waals surface area contributed by atoms with Crippen molar-refractivity contribution < 1.29 is 0 Å². The predicted octanol–water partition coefficient (Wildman–Crippen LogP) is 3.84. The first kappa shape index (κ1) is 13.0. The first-order valence-electron chi connectivity index (χ1n) is 6.76. The van der Waals surface area contributed by atoms with Crippen LogP contribution in [0.5, 0.6) is 0 Å². The summed E-state index contributed by atoms with van der Waals surface area (Å²) in [5.41, 5.74) is 0. The number of hydrogen-bond donors (Lipinski definition) is 1. The number of hydrogen-bond acceptors (Lipinski definition) is 1. The van der Waals surface area contributed by atoms with Gasteiger partial charge in [0.2, 0.25) is 0 Å². The molecule has 1 heteroatoms. The van der Waals surface area contributed by atoms with Crippen LogP contribution in [-0.2, 0) is 0 Å². The van der Waals surface area contributed by atoms with Crippen molar-refractivity contribution in [2.24, 2.45) is 17.8 Å². The van der Waals surface area contributed by atoms with Gasteiger partial charge in [-0.25, -0.2) is 0 Å². The quantitative estimate of drug-likeness (QED) is 0.745. The van der Waals surface area contributed by atoms with Crippen LogP contribution in [0.3, 0.4) is 0 Å². The van der Waals surface area contributed by atoms with Gasteiger partial charge in [-0.3, -0.25) is 0 Å². The summed E-state index contributed by atoms with van der Waals surface area (Å²) in [4.78, 5) is 0.